The number of carbonyl (C=O) groups is 2. The van der Waals surface area contributed by atoms with Crippen molar-refractivity contribution in [2.75, 3.05) is 7.11 Å². The lowest BCUT2D eigenvalue weighted by molar-refractivity contribution is 0.0990. The predicted octanol–water partition coefficient (Wildman–Crippen LogP) is 5.50. The van der Waals surface area contributed by atoms with Gasteiger partial charge in [0, 0.05) is 11.1 Å². The maximum Gasteiger partial charge on any atom is 0.197 e. The minimum Gasteiger partial charge on any atom is -0.493 e. The number of allylic oxidation sites excluding steroid dienone is 1. The molecule has 0 saturated carbocycles. The molecule has 29 heavy (non-hydrogen) atoms. The van der Waals surface area contributed by atoms with E-state index in [1.807, 2.05) is 30.3 Å². The van der Waals surface area contributed by atoms with Crippen LogP contribution in [0, 0.1) is 0 Å². The number of carbonyl (C=O) groups excluding carboxylic acids is 2. The summed E-state index contributed by atoms with van der Waals surface area (Å²) < 4.78 is 12.1. The number of ether oxygens (including phenoxy) is 2. The first kappa shape index (κ1) is 19.2. The lowest BCUT2D eigenvalue weighted by Crippen LogP contribution is -2.01. The van der Waals surface area contributed by atoms with Gasteiger partial charge in [0.05, 0.1) is 17.2 Å². The maximum absolute atomic E-state index is 12.6. The molecule has 5 heteroatoms. The Hall–Kier alpha value is -3.18. The van der Waals surface area contributed by atoms with Crippen molar-refractivity contribution in [1.82, 2.24) is 0 Å². The molecule has 1 aliphatic rings. The number of fused-ring (bicyclic) bond motifs is 1. The first-order valence-corrected chi connectivity index (χ1v) is 9.82. The van der Waals surface area contributed by atoms with Gasteiger partial charge in [0.15, 0.2) is 23.1 Å². The fraction of sp³-hybridized carbons (Fsp3) is 0.0833. The quantitative estimate of drug-likeness (QED) is 0.381. The van der Waals surface area contributed by atoms with Gasteiger partial charge in [-0.2, -0.15) is 0 Å². The number of hydrogen-bond acceptors (Lipinski definition) is 4. The third kappa shape index (κ3) is 3.74. The molecule has 0 fully saturated rings. The molecular weight excluding hydrogens is 432 g/mol. The van der Waals surface area contributed by atoms with Gasteiger partial charge in [0.2, 0.25) is 0 Å². The van der Waals surface area contributed by atoms with Crippen molar-refractivity contribution in [3.63, 3.8) is 0 Å². The van der Waals surface area contributed by atoms with Crippen LogP contribution >= 0.6 is 15.9 Å². The monoisotopic (exact) mass is 448 g/mol. The summed E-state index contributed by atoms with van der Waals surface area (Å²) in [6.45, 7) is 0.391. The normalized spacial score (nSPS) is 12.7. The van der Waals surface area contributed by atoms with Crippen molar-refractivity contribution in [2.45, 2.75) is 6.61 Å². The summed E-state index contributed by atoms with van der Waals surface area (Å²) in [4.78, 5) is 25.2. The Balaban J connectivity index is 1.65. The molecular formula is C24H17BrO4. The third-order valence-electron chi connectivity index (χ3n) is 4.69. The van der Waals surface area contributed by atoms with Crippen LogP contribution < -0.4 is 9.47 Å². The number of Topliss-reactive ketones (excluding diaryl/α,β-unsaturated/α-hetero) is 2. The van der Waals surface area contributed by atoms with Crippen LogP contribution in [0.5, 0.6) is 11.5 Å². The van der Waals surface area contributed by atoms with E-state index in [0.29, 0.717) is 39.3 Å². The van der Waals surface area contributed by atoms with Crippen LogP contribution in [-0.4, -0.2) is 18.7 Å². The van der Waals surface area contributed by atoms with E-state index in [2.05, 4.69) is 15.9 Å². The van der Waals surface area contributed by atoms with Gasteiger partial charge < -0.3 is 9.47 Å². The van der Waals surface area contributed by atoms with Crippen LogP contribution in [0.3, 0.4) is 0 Å². The predicted molar refractivity (Wildman–Crippen MR) is 115 cm³/mol. The summed E-state index contributed by atoms with van der Waals surface area (Å²) in [7, 11) is 1.55. The van der Waals surface area contributed by atoms with Crippen LogP contribution in [0.1, 0.15) is 31.8 Å². The van der Waals surface area contributed by atoms with Gasteiger partial charge in [0.1, 0.15) is 6.61 Å². The fourth-order valence-corrected chi connectivity index (χ4v) is 3.84. The van der Waals surface area contributed by atoms with Crippen molar-refractivity contribution in [3.8, 4) is 11.5 Å². The molecule has 0 aromatic heterocycles. The Morgan fingerprint density at radius 1 is 0.897 bits per heavy atom. The zero-order valence-electron chi connectivity index (χ0n) is 15.6. The first-order valence-electron chi connectivity index (χ1n) is 9.03. The molecule has 3 aromatic carbocycles. The second-order valence-electron chi connectivity index (χ2n) is 6.57. The van der Waals surface area contributed by atoms with E-state index in [1.54, 1.807) is 49.6 Å². The number of ketones is 2. The van der Waals surface area contributed by atoms with E-state index >= 15 is 0 Å². The van der Waals surface area contributed by atoms with Crippen LogP contribution in [-0.2, 0) is 6.61 Å². The second-order valence-corrected chi connectivity index (χ2v) is 7.42. The lowest BCUT2D eigenvalue weighted by Gasteiger charge is -2.14. The standard InChI is InChI=1S/C24H17BrO4/c1-28-21-13-16(11-19-22(26)17-9-5-6-10-18(17)23(19)27)12-20(25)24(21)29-14-15-7-3-2-4-8-15/h2-13H,14H2,1H3. The molecule has 0 saturated heterocycles. The third-order valence-corrected chi connectivity index (χ3v) is 5.28. The number of hydrogen-bond donors (Lipinski definition) is 0. The van der Waals surface area contributed by atoms with E-state index in [4.69, 9.17) is 9.47 Å². The summed E-state index contributed by atoms with van der Waals surface area (Å²) in [5.41, 5.74) is 2.74. The molecule has 4 rings (SSSR count). The molecule has 3 aromatic rings. The molecule has 0 atom stereocenters. The maximum atomic E-state index is 12.6. The second kappa shape index (κ2) is 8.05. The molecule has 0 bridgehead atoms. The minimum absolute atomic E-state index is 0.151. The Morgan fingerprint density at radius 3 is 2.14 bits per heavy atom. The Kier molecular flexibility index (Phi) is 5.32. The summed E-state index contributed by atoms with van der Waals surface area (Å²) in [5.74, 6) is 0.554. The van der Waals surface area contributed by atoms with Crippen LogP contribution in [0.25, 0.3) is 6.08 Å². The van der Waals surface area contributed by atoms with Crippen molar-refractivity contribution in [2.24, 2.45) is 0 Å². The number of rotatable bonds is 5. The number of methoxy groups -OCH3 is 1. The first-order chi connectivity index (χ1) is 14.1. The zero-order chi connectivity index (χ0) is 20.4. The van der Waals surface area contributed by atoms with Gasteiger partial charge in [-0.3, -0.25) is 9.59 Å². The highest BCUT2D eigenvalue weighted by atomic mass is 79.9. The summed E-state index contributed by atoms with van der Waals surface area (Å²) in [5, 5.41) is 0. The van der Waals surface area contributed by atoms with Crippen molar-refractivity contribution >= 4 is 33.6 Å². The Labute approximate surface area is 176 Å². The van der Waals surface area contributed by atoms with E-state index < -0.39 is 0 Å². The minimum atomic E-state index is -0.259. The lowest BCUT2D eigenvalue weighted by atomic mass is 10.1. The van der Waals surface area contributed by atoms with Gasteiger partial charge >= 0.3 is 0 Å². The zero-order valence-corrected chi connectivity index (χ0v) is 17.2. The van der Waals surface area contributed by atoms with Gasteiger partial charge in [-0.15, -0.1) is 0 Å². The topological polar surface area (TPSA) is 52.6 Å². The van der Waals surface area contributed by atoms with E-state index in [1.165, 1.54) is 0 Å². The molecule has 144 valence electrons. The molecule has 0 amide bonds. The van der Waals surface area contributed by atoms with Gasteiger partial charge in [-0.1, -0.05) is 54.6 Å². The fourth-order valence-electron chi connectivity index (χ4n) is 3.26. The molecule has 1 aliphatic carbocycles. The van der Waals surface area contributed by atoms with Crippen LogP contribution in [0.2, 0.25) is 0 Å². The summed E-state index contributed by atoms with van der Waals surface area (Å²) >= 11 is 3.52. The van der Waals surface area contributed by atoms with Crippen molar-refractivity contribution < 1.29 is 19.1 Å². The largest absolute Gasteiger partial charge is 0.493 e. The molecule has 0 N–H and O–H groups in total. The summed E-state index contributed by atoms with van der Waals surface area (Å²) in [6.07, 6.45) is 1.60. The number of benzene rings is 3. The average molecular weight is 449 g/mol. The molecule has 0 spiro atoms. The Morgan fingerprint density at radius 2 is 1.52 bits per heavy atom. The molecule has 4 nitrogen and oxygen atoms in total. The molecule has 0 heterocycles. The van der Waals surface area contributed by atoms with Crippen molar-refractivity contribution in [1.29, 1.82) is 0 Å². The summed E-state index contributed by atoms with van der Waals surface area (Å²) in [6, 6.07) is 20.2. The average Bonchev–Trinajstić information content (AvgIpc) is 2.98. The van der Waals surface area contributed by atoms with Gasteiger partial charge in [-0.05, 0) is 45.3 Å². The molecule has 0 aliphatic heterocycles. The molecule has 0 radical (unpaired) electrons. The van der Waals surface area contributed by atoms with Crippen LogP contribution in [0.15, 0.2) is 76.8 Å². The van der Waals surface area contributed by atoms with Gasteiger partial charge in [-0.25, -0.2) is 0 Å². The van der Waals surface area contributed by atoms with E-state index in [-0.39, 0.29) is 17.1 Å². The molecule has 0 unspecified atom stereocenters. The SMILES string of the molecule is COc1cc(C=C2C(=O)c3ccccc3C2=O)cc(Br)c1OCc1ccccc1. The van der Waals surface area contributed by atoms with E-state index in [9.17, 15) is 9.59 Å². The van der Waals surface area contributed by atoms with Crippen molar-refractivity contribution in [3.05, 3.63) is 99.0 Å². The highest BCUT2D eigenvalue weighted by molar-refractivity contribution is 9.10. The highest BCUT2D eigenvalue weighted by Crippen LogP contribution is 2.38. The highest BCUT2D eigenvalue weighted by Gasteiger charge is 2.32. The Bertz CT molecular complexity index is 1100. The smallest absolute Gasteiger partial charge is 0.197 e. The van der Waals surface area contributed by atoms with E-state index in [0.717, 1.165) is 5.56 Å². The number of halogens is 1. The van der Waals surface area contributed by atoms with Crippen LogP contribution in [0.4, 0.5) is 0 Å². The van der Waals surface area contributed by atoms with Gasteiger partial charge in [0.25, 0.3) is 0 Å².